The number of sulfone groups is 1. The third kappa shape index (κ3) is 6.24. The van der Waals surface area contributed by atoms with Gasteiger partial charge < -0.3 is 9.72 Å². The summed E-state index contributed by atoms with van der Waals surface area (Å²) < 4.78 is 29.3. The molecule has 1 atom stereocenters. The molecule has 1 saturated heterocycles. The number of H-pyrrole nitrogens is 1. The normalized spacial score (nSPS) is 16.9. The van der Waals surface area contributed by atoms with Crippen LogP contribution in [0.3, 0.4) is 0 Å². The summed E-state index contributed by atoms with van der Waals surface area (Å²) >= 11 is 0. The van der Waals surface area contributed by atoms with E-state index >= 15 is 0 Å². The molecule has 0 bridgehead atoms. The average Bonchev–Trinajstić information content (AvgIpc) is 3.44. The van der Waals surface area contributed by atoms with Gasteiger partial charge in [0.15, 0.2) is 0 Å². The number of esters is 1. The van der Waals surface area contributed by atoms with Gasteiger partial charge in [-0.25, -0.2) is 8.42 Å². The number of fused-ring (bicyclic) bond motifs is 1. The van der Waals surface area contributed by atoms with Crippen molar-refractivity contribution in [1.82, 2.24) is 9.88 Å². The van der Waals surface area contributed by atoms with E-state index < -0.39 is 9.84 Å². The minimum absolute atomic E-state index is 0.177. The van der Waals surface area contributed by atoms with Crippen LogP contribution in [0, 0.1) is 0 Å². The molecule has 6 nitrogen and oxygen atoms in total. The van der Waals surface area contributed by atoms with E-state index in [2.05, 4.69) is 16.0 Å². The van der Waals surface area contributed by atoms with Gasteiger partial charge in [0.1, 0.15) is 16.4 Å². The molecule has 3 aromatic rings. The summed E-state index contributed by atoms with van der Waals surface area (Å²) in [5, 5.41) is 1.14. The van der Waals surface area contributed by atoms with Gasteiger partial charge >= 0.3 is 5.97 Å². The van der Waals surface area contributed by atoms with E-state index in [1.807, 2.05) is 48.7 Å². The molecule has 0 radical (unpaired) electrons. The molecular weight excluding hydrogens is 436 g/mol. The van der Waals surface area contributed by atoms with Gasteiger partial charge in [-0.1, -0.05) is 43.3 Å². The zero-order valence-electron chi connectivity index (χ0n) is 19.1. The second kappa shape index (κ2) is 10.5. The lowest BCUT2D eigenvalue weighted by atomic mass is 10.0. The molecule has 0 saturated carbocycles. The highest BCUT2D eigenvalue weighted by Crippen LogP contribution is 2.26. The van der Waals surface area contributed by atoms with Crippen LogP contribution in [0.5, 0.6) is 0 Å². The van der Waals surface area contributed by atoms with Gasteiger partial charge in [-0.2, -0.15) is 0 Å². The minimum Gasteiger partial charge on any atom is -0.460 e. The maximum atomic E-state index is 12.4. The summed E-state index contributed by atoms with van der Waals surface area (Å²) in [4.78, 5) is 18.0. The minimum atomic E-state index is -2.99. The zero-order chi connectivity index (χ0) is 23.3. The number of hydrogen-bond donors (Lipinski definition) is 1. The van der Waals surface area contributed by atoms with Crippen LogP contribution in [-0.2, 0) is 38.8 Å². The van der Waals surface area contributed by atoms with E-state index in [0.717, 1.165) is 47.8 Å². The van der Waals surface area contributed by atoms with Gasteiger partial charge in [0, 0.05) is 28.9 Å². The number of carbonyl (C=O) groups is 1. The molecule has 33 heavy (non-hydrogen) atoms. The largest absolute Gasteiger partial charge is 0.460 e. The number of likely N-dealkylation sites (tertiary alicyclic amines) is 1. The smallest absolute Gasteiger partial charge is 0.320 e. The number of nitrogens with one attached hydrogen (secondary N) is 1. The quantitative estimate of drug-likeness (QED) is 0.457. The van der Waals surface area contributed by atoms with Crippen molar-refractivity contribution < 1.29 is 17.9 Å². The summed E-state index contributed by atoms with van der Waals surface area (Å²) in [6.07, 6.45) is 5.54. The van der Waals surface area contributed by atoms with E-state index in [1.165, 1.54) is 5.56 Å². The van der Waals surface area contributed by atoms with Crippen LogP contribution in [0.2, 0.25) is 0 Å². The van der Waals surface area contributed by atoms with E-state index in [0.29, 0.717) is 19.6 Å². The van der Waals surface area contributed by atoms with Gasteiger partial charge in [0.25, 0.3) is 0 Å². The van der Waals surface area contributed by atoms with Gasteiger partial charge in [-0.15, -0.1) is 0 Å². The zero-order valence-corrected chi connectivity index (χ0v) is 19.9. The maximum absolute atomic E-state index is 12.4. The van der Waals surface area contributed by atoms with Crippen molar-refractivity contribution in [3.05, 3.63) is 71.4 Å². The number of carbonyl (C=O) groups excluding carboxylic acids is 1. The Bertz CT molecular complexity index is 1190. The maximum Gasteiger partial charge on any atom is 0.320 e. The summed E-state index contributed by atoms with van der Waals surface area (Å²) in [5.74, 6) is 0.163. The number of benzene rings is 2. The van der Waals surface area contributed by atoms with Crippen molar-refractivity contribution in [2.45, 2.75) is 45.3 Å². The van der Waals surface area contributed by atoms with Crippen LogP contribution in [0.4, 0.5) is 0 Å². The van der Waals surface area contributed by atoms with Gasteiger partial charge in [0.2, 0.25) is 0 Å². The number of ether oxygens (including phenoxy) is 1. The summed E-state index contributed by atoms with van der Waals surface area (Å²) in [5.41, 5.74) is 4.29. The van der Waals surface area contributed by atoms with E-state index in [1.54, 1.807) is 6.92 Å². The first-order chi connectivity index (χ1) is 15.9. The molecule has 2 heterocycles. The molecule has 7 heteroatoms. The number of nitrogens with zero attached hydrogens (tertiary/aromatic N) is 1. The van der Waals surface area contributed by atoms with Crippen molar-refractivity contribution in [2.24, 2.45) is 0 Å². The van der Waals surface area contributed by atoms with Crippen molar-refractivity contribution in [3.8, 4) is 0 Å². The lowest BCUT2D eigenvalue weighted by Crippen LogP contribution is -2.36. The predicted octanol–water partition coefficient (Wildman–Crippen LogP) is 3.90. The molecule has 1 N–H and O–H groups in total. The van der Waals surface area contributed by atoms with Crippen LogP contribution in [0.15, 0.2) is 54.7 Å². The van der Waals surface area contributed by atoms with Crippen molar-refractivity contribution in [3.63, 3.8) is 0 Å². The fourth-order valence-electron chi connectivity index (χ4n) is 4.51. The molecule has 1 aliphatic rings. The highest BCUT2D eigenvalue weighted by molar-refractivity contribution is 7.91. The van der Waals surface area contributed by atoms with Crippen molar-refractivity contribution in [2.75, 3.05) is 24.6 Å². The number of aryl methyl sites for hydroxylation is 1. The van der Waals surface area contributed by atoms with E-state index in [4.69, 9.17) is 4.74 Å². The third-order valence-corrected chi connectivity index (χ3v) is 8.21. The molecule has 1 fully saturated rings. The Morgan fingerprint density at radius 1 is 1.15 bits per heavy atom. The second-order valence-corrected chi connectivity index (χ2v) is 11.3. The molecule has 2 aromatic carbocycles. The third-order valence-electron chi connectivity index (χ3n) is 6.50. The lowest BCUT2D eigenvalue weighted by molar-refractivity contribution is -0.146. The summed E-state index contributed by atoms with van der Waals surface area (Å²) in [6, 6.07) is 16.2. The SMILES string of the molecule is CCS(=O)(=O)CCc1ccc2[nH]cc(C[C@H]3CCCN3CC(=O)OCc3ccccc3)c2c1. The highest BCUT2D eigenvalue weighted by Gasteiger charge is 2.27. The lowest BCUT2D eigenvalue weighted by Gasteiger charge is -2.23. The first-order valence-corrected chi connectivity index (χ1v) is 13.5. The van der Waals surface area contributed by atoms with Gasteiger partial charge in [0.05, 0.1) is 12.3 Å². The van der Waals surface area contributed by atoms with Gasteiger partial charge in [-0.05, 0) is 61.1 Å². The Morgan fingerprint density at radius 3 is 2.76 bits per heavy atom. The summed E-state index contributed by atoms with van der Waals surface area (Å²) in [7, 11) is -2.99. The number of aromatic amines is 1. The first kappa shape index (κ1) is 23.5. The Kier molecular flexibility index (Phi) is 7.50. The van der Waals surface area contributed by atoms with Crippen LogP contribution in [-0.4, -0.2) is 54.9 Å². The van der Waals surface area contributed by atoms with Crippen LogP contribution < -0.4 is 0 Å². The molecule has 0 spiro atoms. The topological polar surface area (TPSA) is 79.5 Å². The number of aromatic nitrogens is 1. The molecule has 1 aromatic heterocycles. The van der Waals surface area contributed by atoms with Crippen LogP contribution >= 0.6 is 0 Å². The number of rotatable bonds is 10. The molecule has 0 amide bonds. The Hall–Kier alpha value is -2.64. The van der Waals surface area contributed by atoms with Crippen molar-refractivity contribution in [1.29, 1.82) is 0 Å². The molecule has 4 rings (SSSR count). The molecule has 0 unspecified atom stereocenters. The van der Waals surface area contributed by atoms with E-state index in [9.17, 15) is 13.2 Å². The summed E-state index contributed by atoms with van der Waals surface area (Å²) in [6.45, 7) is 3.19. The monoisotopic (exact) mass is 468 g/mol. The highest BCUT2D eigenvalue weighted by atomic mass is 32.2. The van der Waals surface area contributed by atoms with Crippen LogP contribution in [0.25, 0.3) is 10.9 Å². The fourth-order valence-corrected chi connectivity index (χ4v) is 5.34. The molecule has 176 valence electrons. The predicted molar refractivity (Wildman–Crippen MR) is 131 cm³/mol. The first-order valence-electron chi connectivity index (χ1n) is 11.7. The molecular formula is C26H32N2O4S. The molecule has 0 aliphatic carbocycles. The van der Waals surface area contributed by atoms with E-state index in [-0.39, 0.29) is 23.5 Å². The Labute approximate surface area is 195 Å². The fraction of sp³-hybridized carbons (Fsp3) is 0.423. The van der Waals surface area contributed by atoms with Crippen molar-refractivity contribution >= 4 is 26.7 Å². The number of hydrogen-bond acceptors (Lipinski definition) is 5. The standard InChI is InChI=1S/C26H32N2O4S/c1-2-33(30,31)14-12-20-10-11-25-24(15-20)22(17-27-25)16-23-9-6-13-28(23)18-26(29)32-19-21-7-4-3-5-8-21/h3-5,7-8,10-11,15,17,23,27H,2,6,9,12-14,16,18-19H2,1H3/t23-/m1/s1. The van der Waals surface area contributed by atoms with Gasteiger partial charge in [-0.3, -0.25) is 9.69 Å². The molecule has 1 aliphatic heterocycles. The second-order valence-electron chi connectivity index (χ2n) is 8.80. The average molecular weight is 469 g/mol. The Morgan fingerprint density at radius 2 is 1.97 bits per heavy atom. The Balaban J connectivity index is 1.38. The van der Waals surface area contributed by atoms with Crippen LogP contribution in [0.1, 0.15) is 36.5 Å².